The predicted octanol–water partition coefficient (Wildman–Crippen LogP) is 2.37. The number of halogens is 1. The molecule has 1 aliphatic heterocycles. The van der Waals surface area contributed by atoms with Crippen molar-refractivity contribution in [2.45, 2.75) is 18.9 Å². The van der Waals surface area contributed by atoms with Gasteiger partial charge < -0.3 is 10.4 Å². The van der Waals surface area contributed by atoms with Crippen molar-refractivity contribution in [2.24, 2.45) is 5.92 Å². The van der Waals surface area contributed by atoms with Crippen molar-refractivity contribution in [3.8, 4) is 0 Å². The Bertz CT molecular complexity index is 306. The second-order valence-electron chi connectivity index (χ2n) is 4.08. The Kier molecular flexibility index (Phi) is 3.62. The Hall–Kier alpha value is -0.570. The van der Waals surface area contributed by atoms with Crippen LogP contribution in [0.15, 0.2) is 24.3 Å². The average Bonchev–Trinajstić information content (AvgIpc) is 2.30. The van der Waals surface area contributed by atoms with E-state index in [0.717, 1.165) is 36.5 Å². The molecular weight excluding hydrogens is 210 g/mol. The summed E-state index contributed by atoms with van der Waals surface area (Å²) in [5.74, 6) is 0.382. The molecule has 2 rings (SSSR count). The van der Waals surface area contributed by atoms with Gasteiger partial charge in [-0.05, 0) is 49.5 Å². The van der Waals surface area contributed by atoms with Crippen LogP contribution in [0.25, 0.3) is 0 Å². The summed E-state index contributed by atoms with van der Waals surface area (Å²) in [5, 5.41) is 14.2. The van der Waals surface area contributed by atoms with Crippen molar-refractivity contribution in [1.82, 2.24) is 5.32 Å². The Morgan fingerprint density at radius 1 is 1.20 bits per heavy atom. The third-order valence-corrected chi connectivity index (χ3v) is 3.29. The first-order valence-corrected chi connectivity index (χ1v) is 5.79. The van der Waals surface area contributed by atoms with E-state index in [1.807, 2.05) is 24.3 Å². The number of hydrogen-bond donors (Lipinski definition) is 2. The van der Waals surface area contributed by atoms with Crippen LogP contribution in [0.4, 0.5) is 0 Å². The molecule has 1 heterocycles. The fourth-order valence-electron chi connectivity index (χ4n) is 2.09. The van der Waals surface area contributed by atoms with Crippen LogP contribution in [0.3, 0.4) is 0 Å². The van der Waals surface area contributed by atoms with Gasteiger partial charge in [0, 0.05) is 5.02 Å². The van der Waals surface area contributed by atoms with Crippen molar-refractivity contribution in [3.05, 3.63) is 34.9 Å². The van der Waals surface area contributed by atoms with Gasteiger partial charge in [-0.1, -0.05) is 23.7 Å². The van der Waals surface area contributed by atoms with Gasteiger partial charge in [-0.15, -0.1) is 0 Å². The highest BCUT2D eigenvalue weighted by molar-refractivity contribution is 6.30. The molecule has 2 nitrogen and oxygen atoms in total. The van der Waals surface area contributed by atoms with Gasteiger partial charge in [-0.3, -0.25) is 0 Å². The lowest BCUT2D eigenvalue weighted by Gasteiger charge is -2.27. The van der Waals surface area contributed by atoms with E-state index in [1.165, 1.54) is 0 Å². The summed E-state index contributed by atoms with van der Waals surface area (Å²) in [7, 11) is 0. The van der Waals surface area contributed by atoms with Crippen LogP contribution in [-0.2, 0) is 0 Å². The van der Waals surface area contributed by atoms with Crippen LogP contribution in [0.1, 0.15) is 24.5 Å². The molecule has 82 valence electrons. The second kappa shape index (κ2) is 4.97. The molecule has 1 aliphatic rings. The lowest BCUT2D eigenvalue weighted by molar-refractivity contribution is 0.0889. The molecule has 1 atom stereocenters. The number of aliphatic hydroxyl groups is 1. The molecule has 0 saturated carbocycles. The smallest absolute Gasteiger partial charge is 0.0819 e. The lowest BCUT2D eigenvalue weighted by atomic mass is 9.88. The molecule has 0 radical (unpaired) electrons. The molecule has 0 spiro atoms. The van der Waals surface area contributed by atoms with E-state index in [-0.39, 0.29) is 6.10 Å². The number of aliphatic hydroxyl groups excluding tert-OH is 1. The number of rotatable bonds is 2. The molecule has 1 unspecified atom stereocenters. The lowest BCUT2D eigenvalue weighted by Crippen LogP contribution is -2.30. The van der Waals surface area contributed by atoms with Crippen molar-refractivity contribution in [3.63, 3.8) is 0 Å². The zero-order valence-corrected chi connectivity index (χ0v) is 9.37. The van der Waals surface area contributed by atoms with Crippen LogP contribution in [0.5, 0.6) is 0 Å². The van der Waals surface area contributed by atoms with E-state index >= 15 is 0 Å². The highest BCUT2D eigenvalue weighted by Crippen LogP contribution is 2.29. The molecule has 15 heavy (non-hydrogen) atoms. The maximum atomic E-state index is 10.2. The standard InChI is InChI=1S/C12H16ClNO/c13-11-3-1-9(2-4-11)12(15)10-5-7-14-8-6-10/h1-4,10,12,14-15H,5-8H2. The fraction of sp³-hybridized carbons (Fsp3) is 0.500. The van der Waals surface area contributed by atoms with Gasteiger partial charge in [0.2, 0.25) is 0 Å². The van der Waals surface area contributed by atoms with Gasteiger partial charge in [0.15, 0.2) is 0 Å². The first kappa shape index (κ1) is 10.9. The SMILES string of the molecule is OC(c1ccc(Cl)cc1)C1CCNCC1. The van der Waals surface area contributed by atoms with Crippen LogP contribution < -0.4 is 5.32 Å². The minimum absolute atomic E-state index is 0.343. The van der Waals surface area contributed by atoms with Crippen LogP contribution >= 0.6 is 11.6 Å². The Labute approximate surface area is 95.3 Å². The number of piperidine rings is 1. The molecular formula is C12H16ClNO. The maximum absolute atomic E-state index is 10.2. The summed E-state index contributed by atoms with van der Waals surface area (Å²) in [5.41, 5.74) is 0.978. The fourth-order valence-corrected chi connectivity index (χ4v) is 2.22. The summed E-state index contributed by atoms with van der Waals surface area (Å²) in [6, 6.07) is 7.49. The van der Waals surface area contributed by atoms with E-state index in [1.54, 1.807) is 0 Å². The molecule has 1 aromatic rings. The number of benzene rings is 1. The van der Waals surface area contributed by atoms with Crippen LogP contribution in [-0.4, -0.2) is 18.2 Å². The van der Waals surface area contributed by atoms with E-state index < -0.39 is 0 Å². The van der Waals surface area contributed by atoms with Crippen molar-refractivity contribution < 1.29 is 5.11 Å². The largest absolute Gasteiger partial charge is 0.388 e. The second-order valence-corrected chi connectivity index (χ2v) is 4.52. The van der Waals surface area contributed by atoms with E-state index in [2.05, 4.69) is 5.32 Å². The molecule has 0 aliphatic carbocycles. The van der Waals surface area contributed by atoms with Crippen LogP contribution in [0.2, 0.25) is 5.02 Å². The molecule has 0 amide bonds. The zero-order valence-electron chi connectivity index (χ0n) is 8.62. The van der Waals surface area contributed by atoms with E-state index in [0.29, 0.717) is 5.92 Å². The van der Waals surface area contributed by atoms with Crippen molar-refractivity contribution in [1.29, 1.82) is 0 Å². The monoisotopic (exact) mass is 225 g/mol. The Morgan fingerprint density at radius 2 is 1.80 bits per heavy atom. The number of nitrogens with one attached hydrogen (secondary N) is 1. The van der Waals surface area contributed by atoms with E-state index in [4.69, 9.17) is 11.6 Å². The van der Waals surface area contributed by atoms with Crippen LogP contribution in [0, 0.1) is 5.92 Å². The minimum atomic E-state index is -0.343. The van der Waals surface area contributed by atoms with E-state index in [9.17, 15) is 5.11 Å². The third kappa shape index (κ3) is 2.71. The summed E-state index contributed by atoms with van der Waals surface area (Å²) in [6.45, 7) is 2.02. The van der Waals surface area contributed by atoms with Gasteiger partial charge in [0.1, 0.15) is 0 Å². The zero-order chi connectivity index (χ0) is 10.7. The third-order valence-electron chi connectivity index (χ3n) is 3.04. The Morgan fingerprint density at radius 3 is 2.40 bits per heavy atom. The molecule has 0 bridgehead atoms. The van der Waals surface area contributed by atoms with Gasteiger partial charge in [-0.25, -0.2) is 0 Å². The Balaban J connectivity index is 2.05. The normalized spacial score (nSPS) is 20.1. The molecule has 1 saturated heterocycles. The molecule has 3 heteroatoms. The molecule has 2 N–H and O–H groups in total. The quantitative estimate of drug-likeness (QED) is 0.810. The summed E-state index contributed by atoms with van der Waals surface area (Å²) in [4.78, 5) is 0. The summed E-state index contributed by atoms with van der Waals surface area (Å²) >= 11 is 5.81. The average molecular weight is 226 g/mol. The summed E-state index contributed by atoms with van der Waals surface area (Å²) in [6.07, 6.45) is 1.75. The highest BCUT2D eigenvalue weighted by Gasteiger charge is 2.22. The van der Waals surface area contributed by atoms with Gasteiger partial charge in [0.25, 0.3) is 0 Å². The first-order valence-electron chi connectivity index (χ1n) is 5.41. The number of hydrogen-bond acceptors (Lipinski definition) is 2. The first-order chi connectivity index (χ1) is 7.27. The highest BCUT2D eigenvalue weighted by atomic mass is 35.5. The molecule has 0 aromatic heterocycles. The van der Waals surface area contributed by atoms with Gasteiger partial charge >= 0.3 is 0 Å². The van der Waals surface area contributed by atoms with Gasteiger partial charge in [0.05, 0.1) is 6.10 Å². The van der Waals surface area contributed by atoms with Crippen molar-refractivity contribution >= 4 is 11.6 Å². The maximum Gasteiger partial charge on any atom is 0.0819 e. The minimum Gasteiger partial charge on any atom is -0.388 e. The topological polar surface area (TPSA) is 32.3 Å². The van der Waals surface area contributed by atoms with Gasteiger partial charge in [-0.2, -0.15) is 0 Å². The van der Waals surface area contributed by atoms with Crippen molar-refractivity contribution in [2.75, 3.05) is 13.1 Å². The molecule has 1 aromatic carbocycles. The molecule has 1 fully saturated rings. The summed E-state index contributed by atoms with van der Waals surface area (Å²) < 4.78 is 0. The predicted molar refractivity (Wildman–Crippen MR) is 62.0 cm³/mol.